The Morgan fingerprint density at radius 3 is 2.58 bits per heavy atom. The van der Waals surface area contributed by atoms with Crippen molar-refractivity contribution in [3.8, 4) is 0 Å². The van der Waals surface area contributed by atoms with Crippen LogP contribution in [0.4, 0.5) is 11.5 Å². The van der Waals surface area contributed by atoms with Crippen molar-refractivity contribution >= 4 is 27.5 Å². The maximum Gasteiger partial charge on any atom is 0.337 e. The Morgan fingerprint density at radius 2 is 1.94 bits per heavy atom. The number of anilines is 2. The van der Waals surface area contributed by atoms with E-state index in [-0.39, 0.29) is 16.1 Å². The molecule has 2 N–H and O–H groups in total. The molecule has 2 aliphatic rings. The average Bonchev–Trinajstić information content (AvgIpc) is 3.57. The summed E-state index contributed by atoms with van der Waals surface area (Å²) in [6, 6.07) is 7.94. The van der Waals surface area contributed by atoms with Crippen LogP contribution in [0, 0.1) is 12.8 Å². The van der Waals surface area contributed by atoms with Gasteiger partial charge in [0.15, 0.2) is 5.82 Å². The maximum atomic E-state index is 13.0. The summed E-state index contributed by atoms with van der Waals surface area (Å²) < 4.78 is 28.5. The predicted octanol–water partition coefficient (Wildman–Crippen LogP) is 2.81. The van der Waals surface area contributed by atoms with E-state index in [1.807, 2.05) is 17.9 Å². The molecular weight excluding hydrogens is 416 g/mol. The second kappa shape index (κ2) is 8.84. The second-order valence-electron chi connectivity index (χ2n) is 8.38. The van der Waals surface area contributed by atoms with Crippen LogP contribution in [-0.2, 0) is 10.0 Å². The number of piperazine rings is 1. The molecule has 1 aliphatic carbocycles. The molecule has 0 bridgehead atoms. The van der Waals surface area contributed by atoms with E-state index in [2.05, 4.69) is 14.6 Å². The van der Waals surface area contributed by atoms with Crippen LogP contribution in [0.3, 0.4) is 0 Å². The van der Waals surface area contributed by atoms with Gasteiger partial charge in [-0.3, -0.25) is 9.62 Å². The second-order valence-corrected chi connectivity index (χ2v) is 10.1. The Bertz CT molecular complexity index is 1060. The van der Waals surface area contributed by atoms with Crippen LogP contribution >= 0.6 is 0 Å². The third kappa shape index (κ3) is 5.34. The van der Waals surface area contributed by atoms with Gasteiger partial charge in [0.25, 0.3) is 10.0 Å². The molecule has 2 heterocycles. The Labute approximate surface area is 182 Å². The van der Waals surface area contributed by atoms with Gasteiger partial charge in [0, 0.05) is 32.4 Å². The lowest BCUT2D eigenvalue weighted by molar-refractivity contribution is 0.0696. The van der Waals surface area contributed by atoms with E-state index >= 15 is 0 Å². The van der Waals surface area contributed by atoms with E-state index in [4.69, 9.17) is 0 Å². The van der Waals surface area contributed by atoms with E-state index < -0.39 is 16.0 Å². The van der Waals surface area contributed by atoms with Gasteiger partial charge in [-0.05, 0) is 49.6 Å². The molecule has 31 heavy (non-hydrogen) atoms. The molecule has 0 atom stereocenters. The molecule has 4 rings (SSSR count). The van der Waals surface area contributed by atoms with Gasteiger partial charge in [0.2, 0.25) is 0 Å². The molecule has 8 nitrogen and oxygen atoms in total. The van der Waals surface area contributed by atoms with Crippen LogP contribution in [0.25, 0.3) is 0 Å². The van der Waals surface area contributed by atoms with Crippen LogP contribution in [0.2, 0.25) is 0 Å². The molecule has 0 unspecified atom stereocenters. The fourth-order valence-electron chi connectivity index (χ4n) is 3.84. The molecule has 9 heteroatoms. The molecular formula is C22H28N4O4S. The van der Waals surface area contributed by atoms with Crippen molar-refractivity contribution in [2.45, 2.75) is 31.1 Å². The fraction of sp³-hybridized carbons (Fsp3) is 0.455. The number of hydrogen-bond acceptors (Lipinski definition) is 6. The minimum absolute atomic E-state index is 0.0613. The predicted molar refractivity (Wildman–Crippen MR) is 119 cm³/mol. The van der Waals surface area contributed by atoms with Crippen LogP contribution in [-0.4, -0.2) is 62.1 Å². The third-order valence-electron chi connectivity index (χ3n) is 5.88. The van der Waals surface area contributed by atoms with E-state index in [1.165, 1.54) is 37.6 Å². The molecule has 2 fully saturated rings. The summed E-state index contributed by atoms with van der Waals surface area (Å²) in [6.45, 7) is 6.08. The lowest BCUT2D eigenvalue weighted by atomic mass is 10.2. The number of nitrogens with one attached hydrogen (secondary N) is 1. The van der Waals surface area contributed by atoms with Gasteiger partial charge in [-0.15, -0.1) is 0 Å². The maximum absolute atomic E-state index is 13.0. The summed E-state index contributed by atoms with van der Waals surface area (Å²) in [6.07, 6.45) is 5.23. The smallest absolute Gasteiger partial charge is 0.337 e. The minimum atomic E-state index is -3.88. The number of aryl methyl sites for hydroxylation is 1. The zero-order valence-corrected chi connectivity index (χ0v) is 18.4. The first-order chi connectivity index (χ1) is 14.8. The fourth-order valence-corrected chi connectivity index (χ4v) is 5.00. The van der Waals surface area contributed by atoms with Gasteiger partial charge in [-0.25, -0.2) is 18.2 Å². The highest BCUT2D eigenvalue weighted by molar-refractivity contribution is 7.92. The Balaban J connectivity index is 1.55. The summed E-state index contributed by atoms with van der Waals surface area (Å²) in [5, 5.41) is 9.37. The highest BCUT2D eigenvalue weighted by Gasteiger charge is 2.26. The Hall–Kier alpha value is -2.65. The number of carbonyl (C=O) groups is 1. The van der Waals surface area contributed by atoms with Crippen molar-refractivity contribution in [2.24, 2.45) is 5.92 Å². The Kier molecular flexibility index (Phi) is 6.15. The van der Waals surface area contributed by atoms with E-state index in [1.54, 1.807) is 12.1 Å². The molecule has 1 aliphatic heterocycles. The number of pyridine rings is 1. The largest absolute Gasteiger partial charge is 0.478 e. The van der Waals surface area contributed by atoms with Crippen molar-refractivity contribution in [3.05, 3.63) is 47.7 Å². The van der Waals surface area contributed by atoms with Gasteiger partial charge in [-0.1, -0.05) is 25.0 Å². The highest BCUT2D eigenvalue weighted by atomic mass is 32.2. The molecule has 166 valence electrons. The number of aromatic nitrogens is 1. The van der Waals surface area contributed by atoms with Gasteiger partial charge in [0.1, 0.15) is 0 Å². The van der Waals surface area contributed by atoms with Gasteiger partial charge in [-0.2, -0.15) is 0 Å². The van der Waals surface area contributed by atoms with Gasteiger partial charge in [0.05, 0.1) is 16.1 Å². The van der Waals surface area contributed by atoms with Gasteiger partial charge >= 0.3 is 5.97 Å². The van der Waals surface area contributed by atoms with Crippen molar-refractivity contribution in [1.29, 1.82) is 0 Å². The van der Waals surface area contributed by atoms with Gasteiger partial charge < -0.3 is 10.0 Å². The molecule has 1 aromatic carbocycles. The molecule has 0 spiro atoms. The highest BCUT2D eigenvalue weighted by Crippen LogP contribution is 2.33. The van der Waals surface area contributed by atoms with Crippen molar-refractivity contribution in [1.82, 2.24) is 9.88 Å². The van der Waals surface area contributed by atoms with E-state index in [9.17, 15) is 18.3 Å². The summed E-state index contributed by atoms with van der Waals surface area (Å²) in [4.78, 5) is 20.4. The number of sulfonamides is 1. The number of carboxylic acids is 1. The molecule has 2 aromatic rings. The number of benzene rings is 1. The van der Waals surface area contributed by atoms with Crippen molar-refractivity contribution in [3.63, 3.8) is 0 Å². The Morgan fingerprint density at radius 1 is 1.19 bits per heavy atom. The zero-order valence-electron chi connectivity index (χ0n) is 17.6. The molecule has 1 saturated carbocycles. The summed E-state index contributed by atoms with van der Waals surface area (Å²) >= 11 is 0. The quantitative estimate of drug-likeness (QED) is 0.645. The lowest BCUT2D eigenvalue weighted by Crippen LogP contribution is -2.47. The van der Waals surface area contributed by atoms with Crippen molar-refractivity contribution in [2.75, 3.05) is 42.3 Å². The van der Waals surface area contributed by atoms with Crippen LogP contribution in [0.5, 0.6) is 0 Å². The number of hydrogen-bond donors (Lipinski definition) is 2. The summed E-state index contributed by atoms with van der Waals surface area (Å²) in [7, 11) is -3.88. The molecule has 0 amide bonds. The number of rotatable bonds is 8. The molecule has 1 aromatic heterocycles. The first kappa shape index (κ1) is 21.6. The molecule has 0 radical (unpaired) electrons. The van der Waals surface area contributed by atoms with E-state index in [0.29, 0.717) is 18.9 Å². The number of nitrogens with zero attached hydrogens (tertiary/aromatic N) is 3. The SMILES string of the molecule is Cc1cccc(S(=O)(=O)Nc2cc(C(=O)O)cnc2N2CCN(CCC3CC3)CC2)c1. The van der Waals surface area contributed by atoms with Crippen molar-refractivity contribution < 1.29 is 18.3 Å². The van der Waals surface area contributed by atoms with E-state index in [0.717, 1.165) is 31.1 Å². The topological polar surface area (TPSA) is 103 Å². The molecule has 1 saturated heterocycles. The monoisotopic (exact) mass is 444 g/mol. The number of aromatic carboxylic acids is 1. The number of carboxylic acid groups (broad SMARTS) is 1. The summed E-state index contributed by atoms with van der Waals surface area (Å²) in [5.74, 6) is 0.203. The van der Waals surface area contributed by atoms with Crippen LogP contribution < -0.4 is 9.62 Å². The minimum Gasteiger partial charge on any atom is -0.478 e. The average molecular weight is 445 g/mol. The standard InChI is InChI=1S/C22H28N4O4S/c1-16-3-2-4-19(13-16)31(29,30)24-20-14-18(22(27)28)15-23-21(20)26-11-9-25(10-12-26)8-7-17-5-6-17/h2-4,13-15,17,24H,5-12H2,1H3,(H,27,28). The first-order valence-electron chi connectivity index (χ1n) is 10.6. The van der Waals surface area contributed by atoms with Crippen LogP contribution in [0.1, 0.15) is 35.2 Å². The zero-order chi connectivity index (χ0) is 22.0. The third-order valence-corrected chi connectivity index (χ3v) is 7.24. The first-order valence-corrected chi connectivity index (χ1v) is 12.1. The normalized spacial score (nSPS) is 17.5. The lowest BCUT2D eigenvalue weighted by Gasteiger charge is -2.36. The summed E-state index contributed by atoms with van der Waals surface area (Å²) in [5.41, 5.74) is 0.949. The van der Waals surface area contributed by atoms with Crippen LogP contribution in [0.15, 0.2) is 41.4 Å².